The summed E-state index contributed by atoms with van der Waals surface area (Å²) in [6, 6.07) is -0.946. The summed E-state index contributed by atoms with van der Waals surface area (Å²) in [6.07, 6.45) is 86.3. The van der Waals surface area contributed by atoms with Gasteiger partial charge in [-0.3, -0.25) is 4.79 Å². The van der Waals surface area contributed by atoms with Crippen LogP contribution in [0.5, 0.6) is 0 Å². The van der Waals surface area contributed by atoms with Crippen LogP contribution < -0.4 is 5.32 Å². The summed E-state index contributed by atoms with van der Waals surface area (Å²) in [5.41, 5.74) is 0. The standard InChI is InChI=1S/C86H145NO13/c1-3-5-7-9-11-13-15-17-19-21-23-25-27-29-30-31-32-33-34-35-36-37-38-39-40-41-42-43-44-46-48-50-52-54-56-58-60-62-64-66-68-70-78(91)87-74(73-97-85-83(96)81(94)84(77(72-89)99-85)100-86-82(95)80(93)79(92)76(71-88)98-86)75(90)69-67-65-63-61-59-57-55-53-51-49-47-45-28-26-24-22-20-18-16-14-12-10-8-6-4-2/h5,7,11,13,17,19,23,25,29-30,32-33,35-36,38-39,41-42,44,46,59,61,67,69,74-77,79-86,88-90,92-96H,3-4,6,8-10,12,14-16,18,20-22,24,26-28,31,34,37,40,43,45,47-58,60,62-66,68,70-73H2,1-2H3,(H,87,91)/b7-5-,13-11-,19-17-,25-23-,30-29-,33-32-,36-35-,39-38-,42-41-,46-44-,61-59+,69-67+. The summed E-state index contributed by atoms with van der Waals surface area (Å²) in [7, 11) is 0. The zero-order chi connectivity index (χ0) is 72.2. The van der Waals surface area contributed by atoms with Crippen molar-refractivity contribution in [1.82, 2.24) is 5.32 Å². The lowest BCUT2D eigenvalue weighted by Crippen LogP contribution is -2.65. The van der Waals surface area contributed by atoms with Crippen LogP contribution in [0, 0.1) is 0 Å². The normalized spacial score (nSPS) is 22.7. The molecule has 2 rings (SSSR count). The molecule has 0 aromatic heterocycles. The predicted octanol–water partition coefficient (Wildman–Crippen LogP) is 18.4. The first-order chi connectivity index (χ1) is 49.1. The minimum absolute atomic E-state index is 0.257. The van der Waals surface area contributed by atoms with E-state index in [1.807, 2.05) is 6.08 Å². The molecule has 0 radical (unpaired) electrons. The van der Waals surface area contributed by atoms with Gasteiger partial charge in [-0.1, -0.05) is 327 Å². The fraction of sp³-hybridized carbons (Fsp3) is 0.709. The zero-order valence-electron chi connectivity index (χ0n) is 62.6. The maximum absolute atomic E-state index is 13.4. The monoisotopic (exact) mass is 1400 g/mol. The molecule has 12 atom stereocenters. The molecule has 2 heterocycles. The minimum Gasteiger partial charge on any atom is -0.394 e. The van der Waals surface area contributed by atoms with E-state index in [0.29, 0.717) is 12.8 Å². The van der Waals surface area contributed by atoms with Crippen molar-refractivity contribution in [2.75, 3.05) is 19.8 Å². The van der Waals surface area contributed by atoms with Crippen molar-refractivity contribution in [2.24, 2.45) is 0 Å². The van der Waals surface area contributed by atoms with Crippen LogP contribution in [0.15, 0.2) is 146 Å². The molecule has 0 aromatic carbocycles. The molecule has 9 N–H and O–H groups in total. The number of allylic oxidation sites excluding steroid dienone is 23. The van der Waals surface area contributed by atoms with Crippen molar-refractivity contribution in [3.63, 3.8) is 0 Å². The summed E-state index contributed by atoms with van der Waals surface area (Å²) >= 11 is 0. The average Bonchev–Trinajstić information content (AvgIpc) is 0.791. The van der Waals surface area contributed by atoms with E-state index < -0.39 is 86.8 Å². The fourth-order valence-corrected chi connectivity index (χ4v) is 12.2. The second-order valence-corrected chi connectivity index (χ2v) is 27.4. The van der Waals surface area contributed by atoms with E-state index in [2.05, 4.69) is 153 Å². The molecule has 2 saturated heterocycles. The molecule has 1 amide bonds. The minimum atomic E-state index is -1.80. The Hall–Kier alpha value is -4.13. The molecule has 2 aliphatic rings. The summed E-state index contributed by atoms with van der Waals surface area (Å²) in [6.45, 7) is 2.69. The van der Waals surface area contributed by atoms with Crippen LogP contribution in [0.25, 0.3) is 0 Å². The van der Waals surface area contributed by atoms with Gasteiger partial charge in [0.05, 0.1) is 32.0 Å². The van der Waals surface area contributed by atoms with Crippen LogP contribution in [0.1, 0.15) is 296 Å². The van der Waals surface area contributed by atoms with Gasteiger partial charge in [0.15, 0.2) is 12.6 Å². The van der Waals surface area contributed by atoms with Crippen molar-refractivity contribution >= 4 is 5.91 Å². The van der Waals surface area contributed by atoms with Gasteiger partial charge in [-0.15, -0.1) is 0 Å². The van der Waals surface area contributed by atoms with Crippen molar-refractivity contribution in [2.45, 2.75) is 370 Å². The second kappa shape index (κ2) is 68.0. The molecule has 0 aromatic rings. The number of ether oxygens (including phenoxy) is 4. The molecule has 572 valence electrons. The van der Waals surface area contributed by atoms with Crippen molar-refractivity contribution in [3.8, 4) is 0 Å². The van der Waals surface area contributed by atoms with Gasteiger partial charge in [0.25, 0.3) is 0 Å². The maximum atomic E-state index is 13.4. The molecule has 2 fully saturated rings. The first-order valence-corrected chi connectivity index (χ1v) is 40.1. The van der Waals surface area contributed by atoms with Crippen LogP contribution in [0.3, 0.4) is 0 Å². The number of aliphatic hydroxyl groups is 8. The zero-order valence-corrected chi connectivity index (χ0v) is 62.6. The van der Waals surface area contributed by atoms with E-state index >= 15 is 0 Å². The van der Waals surface area contributed by atoms with E-state index in [0.717, 1.165) is 103 Å². The number of rotatable bonds is 65. The quantitative estimate of drug-likeness (QED) is 0.0204. The van der Waals surface area contributed by atoms with Crippen LogP contribution in [-0.4, -0.2) is 140 Å². The van der Waals surface area contributed by atoms with E-state index in [9.17, 15) is 45.6 Å². The highest BCUT2D eigenvalue weighted by Gasteiger charge is 2.51. The second-order valence-electron chi connectivity index (χ2n) is 27.4. The van der Waals surface area contributed by atoms with Crippen LogP contribution in [0.2, 0.25) is 0 Å². The molecule has 0 saturated carbocycles. The number of amides is 1. The Morgan fingerprint density at radius 1 is 0.370 bits per heavy atom. The smallest absolute Gasteiger partial charge is 0.220 e. The number of hydrogen-bond donors (Lipinski definition) is 9. The lowest BCUT2D eigenvalue weighted by Gasteiger charge is -2.46. The molecule has 14 heteroatoms. The topological polar surface area (TPSA) is 228 Å². The number of hydrogen-bond acceptors (Lipinski definition) is 13. The molecule has 0 bridgehead atoms. The van der Waals surface area contributed by atoms with Gasteiger partial charge in [0, 0.05) is 6.42 Å². The van der Waals surface area contributed by atoms with Crippen LogP contribution in [0.4, 0.5) is 0 Å². The van der Waals surface area contributed by atoms with E-state index in [1.165, 1.54) is 161 Å². The van der Waals surface area contributed by atoms with Crippen molar-refractivity contribution in [3.05, 3.63) is 146 Å². The third kappa shape index (κ3) is 50.3. The van der Waals surface area contributed by atoms with Gasteiger partial charge in [-0.25, -0.2) is 0 Å². The molecule has 2 aliphatic heterocycles. The summed E-state index contributed by atoms with van der Waals surface area (Å²) in [4.78, 5) is 13.4. The van der Waals surface area contributed by atoms with E-state index in [1.54, 1.807) is 6.08 Å². The number of nitrogens with one attached hydrogen (secondary N) is 1. The first-order valence-electron chi connectivity index (χ1n) is 40.1. The van der Waals surface area contributed by atoms with Gasteiger partial charge >= 0.3 is 0 Å². The van der Waals surface area contributed by atoms with Gasteiger partial charge in [0.2, 0.25) is 5.91 Å². The summed E-state index contributed by atoms with van der Waals surface area (Å²) in [5.74, 6) is -0.257. The molecule has 0 spiro atoms. The summed E-state index contributed by atoms with van der Waals surface area (Å²) < 4.78 is 22.9. The average molecular weight is 1400 g/mol. The van der Waals surface area contributed by atoms with Gasteiger partial charge < -0.3 is 65.1 Å². The fourth-order valence-electron chi connectivity index (χ4n) is 12.2. The number of aliphatic hydroxyl groups excluding tert-OH is 8. The highest BCUT2D eigenvalue weighted by atomic mass is 16.7. The van der Waals surface area contributed by atoms with Crippen LogP contribution >= 0.6 is 0 Å². The van der Waals surface area contributed by atoms with E-state index in [4.69, 9.17) is 18.9 Å². The predicted molar refractivity (Wildman–Crippen MR) is 414 cm³/mol. The molecule has 12 unspecified atom stereocenters. The molecular weight excluding hydrogens is 1250 g/mol. The Bertz CT molecular complexity index is 2250. The Labute approximate surface area is 608 Å². The third-order valence-electron chi connectivity index (χ3n) is 18.5. The summed E-state index contributed by atoms with van der Waals surface area (Å²) in [5, 5.41) is 87.6. The van der Waals surface area contributed by atoms with Gasteiger partial charge in [-0.2, -0.15) is 0 Å². The van der Waals surface area contributed by atoms with Crippen molar-refractivity contribution in [1.29, 1.82) is 0 Å². The largest absolute Gasteiger partial charge is 0.394 e. The van der Waals surface area contributed by atoms with Gasteiger partial charge in [0.1, 0.15) is 48.8 Å². The Balaban J connectivity index is 1.63. The highest BCUT2D eigenvalue weighted by Crippen LogP contribution is 2.30. The lowest BCUT2D eigenvalue weighted by molar-refractivity contribution is -0.359. The van der Waals surface area contributed by atoms with E-state index in [-0.39, 0.29) is 18.9 Å². The molecular formula is C86H145NO13. The first kappa shape index (κ1) is 92.0. The number of carbonyl (C=O) groups excluding carboxylic acids is 1. The van der Waals surface area contributed by atoms with Crippen LogP contribution in [-0.2, 0) is 23.7 Å². The Morgan fingerprint density at radius 3 is 1.10 bits per heavy atom. The maximum Gasteiger partial charge on any atom is 0.220 e. The Morgan fingerprint density at radius 2 is 0.700 bits per heavy atom. The SMILES string of the molecule is CC/C=C\C/C=C\C/C=C\C/C=C\C/C=C\C/C=C\C/C=C\C/C=C\C/C=C\C/C=C\CCCCCCCCCCCCC(=O)NC(COC1OC(CO)C(OC2OC(CO)C(O)C(O)C2O)C(O)C1O)C(O)/C=C/CC/C=C/CCCCCCCCCCCCCCCCCCCCC. The Kier molecular flexibility index (Phi) is 62.5. The third-order valence-corrected chi connectivity index (χ3v) is 18.5. The highest BCUT2D eigenvalue weighted by molar-refractivity contribution is 5.76. The van der Waals surface area contributed by atoms with Gasteiger partial charge in [-0.05, 0) is 109 Å². The molecule has 14 nitrogen and oxygen atoms in total. The lowest BCUT2D eigenvalue weighted by atomic mass is 9.97. The molecule has 0 aliphatic carbocycles. The number of carbonyl (C=O) groups is 1. The molecule has 100 heavy (non-hydrogen) atoms. The van der Waals surface area contributed by atoms with Crippen molar-refractivity contribution < 1.29 is 64.6 Å². The number of unbranched alkanes of at least 4 members (excludes halogenated alkanes) is 30.